The fraction of sp³-hybridized carbons (Fsp3) is 0.263. The number of halogens is 1. The number of hydrogen-bond donors (Lipinski definition) is 2. The highest BCUT2D eigenvalue weighted by Gasteiger charge is 2.13. The second-order valence-electron chi connectivity index (χ2n) is 5.70. The second-order valence-corrected chi connectivity index (χ2v) is 6.55. The van der Waals surface area contributed by atoms with Crippen LogP contribution in [-0.4, -0.2) is 11.8 Å². The van der Waals surface area contributed by atoms with Crippen molar-refractivity contribution in [2.45, 2.75) is 33.6 Å². The molecule has 4 nitrogen and oxygen atoms in total. The van der Waals surface area contributed by atoms with Gasteiger partial charge in [0.25, 0.3) is 0 Å². The highest BCUT2D eigenvalue weighted by Crippen LogP contribution is 2.22. The van der Waals surface area contributed by atoms with Crippen molar-refractivity contribution in [3.63, 3.8) is 0 Å². The van der Waals surface area contributed by atoms with Crippen LogP contribution in [0.1, 0.15) is 30.0 Å². The fourth-order valence-corrected chi connectivity index (χ4v) is 2.79. The Kier molecular flexibility index (Phi) is 6.15. The first-order valence-electron chi connectivity index (χ1n) is 7.85. The van der Waals surface area contributed by atoms with Crippen LogP contribution in [0.25, 0.3) is 0 Å². The zero-order valence-electron chi connectivity index (χ0n) is 14.1. The minimum atomic E-state index is -0.338. The van der Waals surface area contributed by atoms with E-state index in [1.54, 1.807) is 0 Å². The third-order valence-corrected chi connectivity index (χ3v) is 4.64. The molecule has 0 aromatic heterocycles. The number of para-hydroxylation sites is 1. The third-order valence-electron chi connectivity index (χ3n) is 3.78. The molecule has 2 N–H and O–H groups in total. The number of benzene rings is 2. The Morgan fingerprint density at radius 1 is 1.00 bits per heavy atom. The Morgan fingerprint density at radius 3 is 2.38 bits per heavy atom. The summed E-state index contributed by atoms with van der Waals surface area (Å²) in [7, 11) is 0. The predicted octanol–water partition coefficient (Wildman–Crippen LogP) is 4.60. The molecular weight excluding hydrogens is 368 g/mol. The van der Waals surface area contributed by atoms with E-state index in [4.69, 9.17) is 0 Å². The Morgan fingerprint density at radius 2 is 1.71 bits per heavy atom. The van der Waals surface area contributed by atoms with E-state index in [-0.39, 0.29) is 18.2 Å². The fourth-order valence-electron chi connectivity index (χ4n) is 2.41. The maximum atomic E-state index is 12.2. The van der Waals surface area contributed by atoms with Crippen molar-refractivity contribution in [3.05, 3.63) is 57.6 Å². The molecule has 0 bridgehead atoms. The number of amides is 2. The zero-order valence-corrected chi connectivity index (χ0v) is 15.7. The lowest BCUT2D eigenvalue weighted by Gasteiger charge is -2.13. The van der Waals surface area contributed by atoms with E-state index in [9.17, 15) is 9.59 Å². The molecule has 2 amide bonds. The van der Waals surface area contributed by atoms with Crippen molar-refractivity contribution in [3.8, 4) is 0 Å². The van der Waals surface area contributed by atoms with Gasteiger partial charge in [0, 0.05) is 15.8 Å². The van der Waals surface area contributed by atoms with Crippen LogP contribution in [0.3, 0.4) is 0 Å². The number of carbonyl (C=O) groups is 2. The Labute approximate surface area is 150 Å². The molecule has 0 atom stereocenters. The molecule has 2 aromatic carbocycles. The van der Waals surface area contributed by atoms with Crippen LogP contribution in [0, 0.1) is 13.8 Å². The number of carbonyl (C=O) groups excluding carboxylic acids is 2. The summed E-state index contributed by atoms with van der Waals surface area (Å²) >= 11 is 3.42. The maximum Gasteiger partial charge on any atom is 0.233 e. The molecule has 126 valence electrons. The summed E-state index contributed by atoms with van der Waals surface area (Å²) in [4.78, 5) is 24.2. The molecule has 0 fully saturated rings. The van der Waals surface area contributed by atoms with Gasteiger partial charge in [-0.15, -0.1) is 0 Å². The first-order valence-corrected chi connectivity index (χ1v) is 8.64. The molecule has 0 saturated heterocycles. The van der Waals surface area contributed by atoms with Crippen molar-refractivity contribution in [2.24, 2.45) is 0 Å². The molecule has 0 radical (unpaired) electrons. The van der Waals surface area contributed by atoms with Crippen molar-refractivity contribution in [1.82, 2.24) is 0 Å². The summed E-state index contributed by atoms with van der Waals surface area (Å²) in [6.45, 7) is 5.95. The highest BCUT2D eigenvalue weighted by molar-refractivity contribution is 9.10. The average molecular weight is 389 g/mol. The SMILES string of the molecule is CCc1cccc(C)c1NC(=O)CC(=O)Nc1ccc(C)c(Br)c1. The van der Waals surface area contributed by atoms with Crippen LogP contribution in [0.5, 0.6) is 0 Å². The third kappa shape index (κ3) is 4.68. The van der Waals surface area contributed by atoms with Gasteiger partial charge in [0.1, 0.15) is 6.42 Å². The predicted molar refractivity (Wildman–Crippen MR) is 101 cm³/mol. The maximum absolute atomic E-state index is 12.2. The standard InChI is InChI=1S/C19H21BrN2O2/c1-4-14-7-5-6-13(3)19(14)22-18(24)11-17(23)21-15-9-8-12(2)16(20)10-15/h5-10H,4,11H2,1-3H3,(H,21,23)(H,22,24). The first-order chi connectivity index (χ1) is 11.4. The van der Waals surface area contributed by atoms with Crippen molar-refractivity contribution in [2.75, 3.05) is 10.6 Å². The van der Waals surface area contributed by atoms with Crippen LogP contribution in [-0.2, 0) is 16.0 Å². The molecule has 0 heterocycles. The van der Waals surface area contributed by atoms with Gasteiger partial charge in [-0.05, 0) is 49.1 Å². The Balaban J connectivity index is 1.99. The molecule has 5 heteroatoms. The topological polar surface area (TPSA) is 58.2 Å². The van der Waals surface area contributed by atoms with Gasteiger partial charge in [0.05, 0.1) is 0 Å². The summed E-state index contributed by atoms with van der Waals surface area (Å²) in [6, 6.07) is 11.4. The number of hydrogen-bond acceptors (Lipinski definition) is 2. The molecular formula is C19H21BrN2O2. The highest BCUT2D eigenvalue weighted by atomic mass is 79.9. The summed E-state index contributed by atoms with van der Waals surface area (Å²) in [5.74, 6) is -0.655. The largest absolute Gasteiger partial charge is 0.326 e. The van der Waals surface area contributed by atoms with Gasteiger partial charge in [-0.2, -0.15) is 0 Å². The number of anilines is 2. The number of aryl methyl sites for hydroxylation is 3. The quantitative estimate of drug-likeness (QED) is 0.735. The van der Waals surface area contributed by atoms with Gasteiger partial charge in [0.15, 0.2) is 0 Å². The van der Waals surface area contributed by atoms with E-state index in [1.165, 1.54) is 0 Å². The lowest BCUT2D eigenvalue weighted by molar-refractivity contribution is -0.123. The second kappa shape index (κ2) is 8.11. The van der Waals surface area contributed by atoms with Crippen LogP contribution in [0.4, 0.5) is 11.4 Å². The van der Waals surface area contributed by atoms with Crippen LogP contribution in [0.2, 0.25) is 0 Å². The van der Waals surface area contributed by atoms with Gasteiger partial charge >= 0.3 is 0 Å². The Hall–Kier alpha value is -2.14. The molecule has 0 aliphatic carbocycles. The van der Waals surface area contributed by atoms with E-state index in [0.29, 0.717) is 5.69 Å². The minimum Gasteiger partial charge on any atom is -0.326 e. The van der Waals surface area contributed by atoms with Crippen molar-refractivity contribution >= 4 is 39.1 Å². The van der Waals surface area contributed by atoms with Gasteiger partial charge < -0.3 is 10.6 Å². The number of nitrogens with one attached hydrogen (secondary N) is 2. The van der Waals surface area contributed by atoms with Crippen LogP contribution in [0.15, 0.2) is 40.9 Å². The monoisotopic (exact) mass is 388 g/mol. The van der Waals surface area contributed by atoms with E-state index in [1.807, 2.05) is 57.2 Å². The van der Waals surface area contributed by atoms with Gasteiger partial charge in [-0.3, -0.25) is 9.59 Å². The lowest BCUT2D eigenvalue weighted by Crippen LogP contribution is -2.22. The summed E-state index contributed by atoms with van der Waals surface area (Å²) < 4.78 is 0.914. The van der Waals surface area contributed by atoms with Gasteiger partial charge in [-0.25, -0.2) is 0 Å². The molecule has 0 saturated carbocycles. The molecule has 2 aromatic rings. The van der Waals surface area contributed by atoms with Crippen molar-refractivity contribution < 1.29 is 9.59 Å². The zero-order chi connectivity index (χ0) is 17.7. The van der Waals surface area contributed by atoms with Crippen LogP contribution < -0.4 is 10.6 Å². The minimum absolute atomic E-state index is 0.219. The molecule has 0 unspecified atom stereocenters. The van der Waals surface area contributed by atoms with Crippen LogP contribution >= 0.6 is 15.9 Å². The van der Waals surface area contributed by atoms with E-state index in [0.717, 1.165) is 33.3 Å². The van der Waals surface area contributed by atoms with Crippen molar-refractivity contribution in [1.29, 1.82) is 0 Å². The molecule has 24 heavy (non-hydrogen) atoms. The summed E-state index contributed by atoms with van der Waals surface area (Å²) in [6.07, 6.45) is 0.601. The average Bonchev–Trinajstić information content (AvgIpc) is 2.52. The van der Waals surface area contributed by atoms with E-state index < -0.39 is 0 Å². The van der Waals surface area contributed by atoms with Gasteiger partial charge in [0.2, 0.25) is 11.8 Å². The summed E-state index contributed by atoms with van der Waals surface area (Å²) in [5, 5.41) is 5.60. The molecule has 0 aliphatic heterocycles. The molecule has 0 aliphatic rings. The number of rotatable bonds is 5. The van der Waals surface area contributed by atoms with Gasteiger partial charge in [-0.1, -0.05) is 47.1 Å². The Bertz CT molecular complexity index is 772. The smallest absolute Gasteiger partial charge is 0.233 e. The molecule has 0 spiro atoms. The molecule has 2 rings (SSSR count). The summed E-state index contributed by atoms with van der Waals surface area (Å²) in [5.41, 5.74) is 4.60. The first kappa shape index (κ1) is 18.2. The van der Waals surface area contributed by atoms with E-state index >= 15 is 0 Å². The normalized spacial score (nSPS) is 10.3. The lowest BCUT2D eigenvalue weighted by atomic mass is 10.1. The van der Waals surface area contributed by atoms with E-state index in [2.05, 4.69) is 26.6 Å².